The molecule has 0 spiro atoms. The zero-order valence-electron chi connectivity index (χ0n) is 24.4. The maximum atomic E-state index is 13.1. The molecule has 1 fully saturated rings. The molecule has 7 rings (SSSR count). The molecule has 1 saturated heterocycles. The second kappa shape index (κ2) is 11.5. The summed E-state index contributed by atoms with van der Waals surface area (Å²) in [6.07, 6.45) is 7.50. The van der Waals surface area contributed by atoms with Crippen molar-refractivity contribution in [3.63, 3.8) is 0 Å². The summed E-state index contributed by atoms with van der Waals surface area (Å²) in [4.78, 5) is 24.4. The number of fused-ring (bicyclic) bond motifs is 1. The molecule has 1 aliphatic heterocycles. The number of rotatable bonds is 6. The molecule has 0 radical (unpaired) electrons. The van der Waals surface area contributed by atoms with Crippen molar-refractivity contribution in [3.8, 4) is 11.1 Å². The normalized spacial score (nSPS) is 13.0. The van der Waals surface area contributed by atoms with Gasteiger partial charge in [-0.3, -0.25) is 15.0 Å². The van der Waals surface area contributed by atoms with E-state index < -0.39 is 0 Å². The van der Waals surface area contributed by atoms with E-state index in [-0.39, 0.29) is 11.9 Å². The van der Waals surface area contributed by atoms with E-state index in [1.165, 1.54) is 0 Å². The maximum absolute atomic E-state index is 13.1. The average molecular weight is 579 g/mol. The average Bonchev–Trinajstić information content (AvgIpc) is 3.45. The Hall–Kier alpha value is -5.70. The summed E-state index contributed by atoms with van der Waals surface area (Å²) in [5.41, 5.74) is 8.31. The van der Waals surface area contributed by atoms with Gasteiger partial charge >= 0.3 is 6.03 Å². The van der Waals surface area contributed by atoms with Crippen molar-refractivity contribution >= 4 is 34.2 Å². The summed E-state index contributed by atoms with van der Waals surface area (Å²) < 4.78 is 1.78. The maximum Gasteiger partial charge on any atom is 0.323 e. The van der Waals surface area contributed by atoms with Gasteiger partial charge < -0.3 is 4.90 Å². The summed E-state index contributed by atoms with van der Waals surface area (Å²) in [5.74, 6) is 0.667. The highest BCUT2D eigenvalue weighted by Crippen LogP contribution is 2.35. The molecule has 0 unspecified atom stereocenters. The molecule has 216 valence electrons. The van der Waals surface area contributed by atoms with Gasteiger partial charge in [-0.25, -0.2) is 9.79 Å². The van der Waals surface area contributed by atoms with E-state index in [1.807, 2.05) is 80.2 Å². The van der Waals surface area contributed by atoms with Crippen molar-refractivity contribution in [1.29, 1.82) is 0 Å². The number of carbonyl (C=O) groups excluding carboxylic acids is 1. The van der Waals surface area contributed by atoms with Crippen molar-refractivity contribution in [1.82, 2.24) is 29.9 Å². The van der Waals surface area contributed by atoms with E-state index in [4.69, 9.17) is 4.99 Å². The van der Waals surface area contributed by atoms with Crippen LogP contribution in [-0.4, -0.2) is 54.7 Å². The number of amides is 2. The van der Waals surface area contributed by atoms with Crippen LogP contribution in [0.4, 0.5) is 16.3 Å². The predicted molar refractivity (Wildman–Crippen MR) is 172 cm³/mol. The van der Waals surface area contributed by atoms with E-state index in [9.17, 15) is 4.79 Å². The van der Waals surface area contributed by atoms with Crippen LogP contribution in [0.2, 0.25) is 0 Å². The van der Waals surface area contributed by atoms with Crippen LogP contribution in [0, 0.1) is 6.92 Å². The van der Waals surface area contributed by atoms with Gasteiger partial charge in [0.1, 0.15) is 5.52 Å². The first-order valence-corrected chi connectivity index (χ1v) is 14.5. The molecule has 1 N–H and O–H groups in total. The summed E-state index contributed by atoms with van der Waals surface area (Å²) in [6.45, 7) is 3.32. The first-order valence-electron chi connectivity index (χ1n) is 14.5. The minimum Gasteiger partial charge on any atom is -0.323 e. The highest BCUT2D eigenvalue weighted by Gasteiger charge is 2.32. The largest absolute Gasteiger partial charge is 0.323 e. The molecule has 0 bridgehead atoms. The van der Waals surface area contributed by atoms with Crippen LogP contribution in [0.25, 0.3) is 22.0 Å². The van der Waals surface area contributed by atoms with Crippen LogP contribution in [-0.2, 0) is 7.05 Å². The third-order valence-electron chi connectivity index (χ3n) is 7.95. The van der Waals surface area contributed by atoms with Crippen molar-refractivity contribution in [2.24, 2.45) is 12.0 Å². The van der Waals surface area contributed by atoms with Crippen LogP contribution in [0.1, 0.15) is 28.2 Å². The van der Waals surface area contributed by atoms with E-state index >= 15 is 0 Å². The van der Waals surface area contributed by atoms with E-state index in [0.29, 0.717) is 30.1 Å². The summed E-state index contributed by atoms with van der Waals surface area (Å²) in [6, 6.07) is 28.0. The summed E-state index contributed by atoms with van der Waals surface area (Å²) in [7, 11) is 1.90. The fraction of sp³-hybridized carbons (Fsp3) is 0.143. The summed E-state index contributed by atoms with van der Waals surface area (Å²) in [5, 5.41) is 17.0. The second-order valence-corrected chi connectivity index (χ2v) is 11.0. The first-order chi connectivity index (χ1) is 21.5. The fourth-order valence-electron chi connectivity index (χ4n) is 5.51. The third kappa shape index (κ3) is 5.43. The second-order valence-electron chi connectivity index (χ2n) is 11.0. The van der Waals surface area contributed by atoms with Gasteiger partial charge in [-0.05, 0) is 47.9 Å². The van der Waals surface area contributed by atoms with Crippen LogP contribution >= 0.6 is 0 Å². The van der Waals surface area contributed by atoms with Gasteiger partial charge in [-0.2, -0.15) is 5.10 Å². The lowest BCUT2D eigenvalue weighted by Gasteiger charge is -2.38. The van der Waals surface area contributed by atoms with E-state index in [1.54, 1.807) is 15.8 Å². The lowest BCUT2D eigenvalue weighted by Crippen LogP contribution is -2.50. The van der Waals surface area contributed by atoms with Gasteiger partial charge in [0.25, 0.3) is 0 Å². The molecule has 6 aromatic rings. The molecule has 3 aromatic carbocycles. The minimum absolute atomic E-state index is 0.202. The van der Waals surface area contributed by atoms with Crippen LogP contribution in [0.15, 0.2) is 115 Å². The Balaban J connectivity index is 1.27. The minimum atomic E-state index is -0.202. The van der Waals surface area contributed by atoms with E-state index in [0.717, 1.165) is 44.5 Å². The van der Waals surface area contributed by atoms with Gasteiger partial charge in [-0.15, -0.1) is 10.2 Å². The number of aliphatic imine (C=N–C) groups is 1. The zero-order chi connectivity index (χ0) is 30.0. The molecule has 3 aromatic heterocycles. The zero-order valence-corrected chi connectivity index (χ0v) is 24.4. The Morgan fingerprint density at radius 1 is 0.909 bits per heavy atom. The monoisotopic (exact) mass is 578 g/mol. The van der Waals surface area contributed by atoms with E-state index in [2.05, 4.69) is 62.9 Å². The molecule has 44 heavy (non-hydrogen) atoms. The van der Waals surface area contributed by atoms with Crippen LogP contribution in [0.5, 0.6) is 0 Å². The first kappa shape index (κ1) is 27.2. The number of hydrogen-bond donors (Lipinski definition) is 1. The van der Waals surface area contributed by atoms with Crippen molar-refractivity contribution < 1.29 is 4.79 Å². The molecule has 0 atom stereocenters. The number of benzene rings is 3. The standard InChI is InChI=1S/C35H30N8O/c1-23-13-14-36-19-30(23)26-15-27-17-32(39-35(44)43-21-29(22-43)28-18-37-42(2)20-28)40-41-34(27)31(16-26)38-33(24-9-5-3-6-10-24)25-11-7-4-8-12-25/h3-20,29H,21-22H2,1-2H3,(H,39,40,44). The number of aromatic nitrogens is 5. The van der Waals surface area contributed by atoms with Gasteiger partial charge in [0.2, 0.25) is 0 Å². The molecule has 4 heterocycles. The summed E-state index contributed by atoms with van der Waals surface area (Å²) >= 11 is 0. The van der Waals surface area contributed by atoms with Crippen molar-refractivity contribution in [3.05, 3.63) is 132 Å². The highest BCUT2D eigenvalue weighted by atomic mass is 16.2. The number of hydrogen-bond acceptors (Lipinski definition) is 6. The molecule has 0 saturated carbocycles. The number of anilines is 1. The Kier molecular flexibility index (Phi) is 7.11. The van der Waals surface area contributed by atoms with Crippen molar-refractivity contribution in [2.75, 3.05) is 18.4 Å². The number of nitrogens with one attached hydrogen (secondary N) is 1. The highest BCUT2D eigenvalue weighted by molar-refractivity contribution is 6.15. The van der Waals surface area contributed by atoms with Gasteiger partial charge in [-0.1, -0.05) is 60.7 Å². The number of likely N-dealkylation sites (tertiary alicyclic amines) is 1. The number of urea groups is 1. The Morgan fingerprint density at radius 3 is 2.30 bits per heavy atom. The van der Waals surface area contributed by atoms with Gasteiger partial charge in [0.05, 0.1) is 17.6 Å². The van der Waals surface area contributed by atoms with Gasteiger partial charge in [0, 0.05) is 66.7 Å². The quantitative estimate of drug-likeness (QED) is 0.226. The lowest BCUT2D eigenvalue weighted by molar-refractivity contribution is 0.164. The fourth-order valence-corrected chi connectivity index (χ4v) is 5.51. The van der Waals surface area contributed by atoms with Crippen molar-refractivity contribution in [2.45, 2.75) is 12.8 Å². The number of nitrogens with zero attached hydrogens (tertiary/aromatic N) is 7. The molecule has 2 amide bonds. The molecular formula is C35H30N8O. The molecule has 0 aliphatic carbocycles. The number of carbonyl (C=O) groups is 1. The molecular weight excluding hydrogens is 548 g/mol. The third-order valence-corrected chi connectivity index (χ3v) is 7.95. The SMILES string of the molecule is Cc1ccncc1-c1cc(N=C(c2ccccc2)c2ccccc2)c2nnc(NC(=O)N3CC(c4cnn(C)c4)C3)cc2c1. The molecule has 9 nitrogen and oxygen atoms in total. The number of aryl methyl sites for hydroxylation is 2. The smallest absolute Gasteiger partial charge is 0.323 e. The Bertz CT molecular complexity index is 1950. The van der Waals surface area contributed by atoms with Gasteiger partial charge in [0.15, 0.2) is 5.82 Å². The number of pyridine rings is 1. The molecule has 1 aliphatic rings. The lowest BCUT2D eigenvalue weighted by atomic mass is 9.94. The van der Waals surface area contributed by atoms with Crippen LogP contribution < -0.4 is 5.32 Å². The Labute approximate surface area is 254 Å². The van der Waals surface area contributed by atoms with Crippen LogP contribution in [0.3, 0.4) is 0 Å². The predicted octanol–water partition coefficient (Wildman–Crippen LogP) is 6.53. The Morgan fingerprint density at radius 2 is 1.64 bits per heavy atom. The topological polar surface area (TPSA) is 101 Å². The molecule has 9 heteroatoms.